The van der Waals surface area contributed by atoms with Crippen molar-refractivity contribution < 1.29 is 0 Å². The number of nitrogens with zero attached hydrogens (tertiary/aromatic N) is 2. The number of hydrogen-bond acceptors (Lipinski definition) is 2. The molecule has 2 heteroatoms. The molecule has 0 bridgehead atoms. The SMILES string of the molecule is CC.CC.CC.CC=Cc1ccc(N(c2ccccc2)c2ccccc2C)cc1.CC=Cc1ccc(N(c2ccccc2)c2ccccc2C)cc1.c1ccc2ccccc2c1. The smallest absolute Gasteiger partial charge is 0.0490 e. The van der Waals surface area contributed by atoms with Gasteiger partial charge in [-0.05, 0) is 121 Å². The Balaban J connectivity index is 0.000000247. The van der Waals surface area contributed by atoms with Gasteiger partial charge in [-0.3, -0.25) is 0 Å². The fourth-order valence-corrected chi connectivity index (χ4v) is 6.62. The molecule has 0 heterocycles. The zero-order valence-electron chi connectivity index (χ0n) is 38.8. The molecule has 2 nitrogen and oxygen atoms in total. The molecule has 0 spiro atoms. The van der Waals surface area contributed by atoms with Crippen LogP contribution in [0.5, 0.6) is 0 Å². The summed E-state index contributed by atoms with van der Waals surface area (Å²) in [5.41, 5.74) is 12.0. The number of anilines is 6. The lowest BCUT2D eigenvalue weighted by molar-refractivity contribution is 1.25. The van der Waals surface area contributed by atoms with E-state index >= 15 is 0 Å². The minimum absolute atomic E-state index is 1.17. The topological polar surface area (TPSA) is 6.48 Å². The Hall–Kier alpha value is -6.90. The van der Waals surface area contributed by atoms with Crippen LogP contribution in [0.1, 0.15) is 77.6 Å². The Labute approximate surface area is 375 Å². The van der Waals surface area contributed by atoms with Crippen molar-refractivity contribution in [2.75, 3.05) is 9.80 Å². The fourth-order valence-electron chi connectivity index (χ4n) is 6.62. The minimum Gasteiger partial charge on any atom is -0.310 e. The zero-order valence-corrected chi connectivity index (χ0v) is 38.8. The third-order valence-corrected chi connectivity index (χ3v) is 9.42. The minimum atomic E-state index is 1.17. The maximum atomic E-state index is 2.30. The quantitative estimate of drug-likeness (QED) is 0.151. The molecule has 8 rings (SSSR count). The van der Waals surface area contributed by atoms with Gasteiger partial charge in [0.1, 0.15) is 0 Å². The van der Waals surface area contributed by atoms with Gasteiger partial charge in [0.05, 0.1) is 0 Å². The lowest BCUT2D eigenvalue weighted by atomic mass is 10.1. The molecular weight excluding hydrogens is 749 g/mol. The molecule has 0 unspecified atom stereocenters. The van der Waals surface area contributed by atoms with Crippen LogP contribution in [0.4, 0.5) is 34.1 Å². The van der Waals surface area contributed by atoms with Gasteiger partial charge in [-0.2, -0.15) is 0 Å². The second-order valence-corrected chi connectivity index (χ2v) is 13.4. The molecule has 0 atom stereocenters. The second-order valence-electron chi connectivity index (χ2n) is 13.4. The van der Waals surface area contributed by atoms with Crippen LogP contribution in [0.2, 0.25) is 0 Å². The van der Waals surface area contributed by atoms with Gasteiger partial charge in [-0.15, -0.1) is 0 Å². The standard InChI is InChI=1S/2C22H21N.C10H8.3C2H6/c2*1-3-9-19-14-16-21(17-15-19)23(20-11-5-4-6-12-20)22-13-8-7-10-18(22)2;1-2-6-10-8-4-3-7-9(10)5-1;3*1-2/h2*3-17H,1-2H3;1-8H;3*1-2H3. The Bertz CT molecular complexity index is 2240. The number of aryl methyl sites for hydroxylation is 2. The number of para-hydroxylation sites is 4. The number of rotatable bonds is 8. The van der Waals surface area contributed by atoms with E-state index in [9.17, 15) is 0 Å². The summed E-state index contributed by atoms with van der Waals surface area (Å²) in [4.78, 5) is 4.60. The molecule has 0 saturated carbocycles. The average molecular weight is 817 g/mol. The zero-order chi connectivity index (χ0) is 45.0. The highest BCUT2D eigenvalue weighted by molar-refractivity contribution is 5.82. The summed E-state index contributed by atoms with van der Waals surface area (Å²) in [6, 6.07) is 72.0. The van der Waals surface area contributed by atoms with E-state index in [1.807, 2.05) is 55.4 Å². The van der Waals surface area contributed by atoms with Gasteiger partial charge >= 0.3 is 0 Å². The Morgan fingerprint density at radius 3 is 0.839 bits per heavy atom. The van der Waals surface area contributed by atoms with Gasteiger partial charge in [0.25, 0.3) is 0 Å². The summed E-state index contributed by atoms with van der Waals surface area (Å²) in [5.74, 6) is 0. The van der Waals surface area contributed by atoms with Crippen molar-refractivity contribution in [2.45, 2.75) is 69.2 Å². The average Bonchev–Trinajstić information content (AvgIpc) is 3.35. The molecule has 8 aromatic carbocycles. The third kappa shape index (κ3) is 14.7. The highest BCUT2D eigenvalue weighted by atomic mass is 15.1. The van der Waals surface area contributed by atoms with Crippen molar-refractivity contribution in [1.82, 2.24) is 0 Å². The van der Waals surface area contributed by atoms with E-state index in [2.05, 4.69) is 254 Å². The molecule has 8 aromatic rings. The van der Waals surface area contributed by atoms with E-state index < -0.39 is 0 Å². The second kappa shape index (κ2) is 28.5. The van der Waals surface area contributed by atoms with Gasteiger partial charge in [0.2, 0.25) is 0 Å². The van der Waals surface area contributed by atoms with Crippen molar-refractivity contribution in [3.8, 4) is 0 Å². The van der Waals surface area contributed by atoms with Crippen LogP contribution in [0.25, 0.3) is 22.9 Å². The Kier molecular flexibility index (Phi) is 22.8. The lowest BCUT2D eigenvalue weighted by Crippen LogP contribution is -2.11. The monoisotopic (exact) mass is 817 g/mol. The summed E-state index contributed by atoms with van der Waals surface area (Å²) in [6.45, 7) is 20.4. The van der Waals surface area contributed by atoms with Crippen LogP contribution in [0.3, 0.4) is 0 Å². The number of hydrogen-bond donors (Lipinski definition) is 0. The van der Waals surface area contributed by atoms with Crippen LogP contribution >= 0.6 is 0 Å². The highest BCUT2D eigenvalue weighted by Crippen LogP contribution is 2.37. The fraction of sp³-hybridized carbons (Fsp3) is 0.167. The molecule has 0 amide bonds. The van der Waals surface area contributed by atoms with Gasteiger partial charge in [0.15, 0.2) is 0 Å². The Morgan fingerprint density at radius 1 is 0.290 bits per heavy atom. The molecule has 0 aliphatic carbocycles. The van der Waals surface area contributed by atoms with Crippen molar-refractivity contribution >= 4 is 57.0 Å². The van der Waals surface area contributed by atoms with Gasteiger partial charge < -0.3 is 9.80 Å². The van der Waals surface area contributed by atoms with Gasteiger partial charge in [-0.25, -0.2) is 0 Å². The summed E-state index contributed by atoms with van der Waals surface area (Å²) < 4.78 is 0. The molecule has 0 aliphatic heterocycles. The molecule has 0 aliphatic rings. The van der Waals surface area contributed by atoms with Crippen LogP contribution in [0, 0.1) is 13.8 Å². The predicted octanol–water partition coefficient (Wildman–Crippen LogP) is 18.9. The summed E-state index contributed by atoms with van der Waals surface area (Å²) in [7, 11) is 0. The summed E-state index contributed by atoms with van der Waals surface area (Å²) in [6.07, 6.45) is 8.35. The van der Waals surface area contributed by atoms with Gasteiger partial charge in [0, 0.05) is 34.1 Å². The van der Waals surface area contributed by atoms with Crippen molar-refractivity contribution in [2.24, 2.45) is 0 Å². The van der Waals surface area contributed by atoms with E-state index in [-0.39, 0.29) is 0 Å². The highest BCUT2D eigenvalue weighted by Gasteiger charge is 2.15. The van der Waals surface area contributed by atoms with E-state index in [1.54, 1.807) is 0 Å². The van der Waals surface area contributed by atoms with Gasteiger partial charge in [-0.1, -0.05) is 211 Å². The molecular formula is C60H68N2. The molecule has 0 N–H and O–H groups in total. The summed E-state index contributed by atoms with van der Waals surface area (Å²) in [5, 5.41) is 2.62. The number of fused-ring (bicyclic) bond motifs is 1. The van der Waals surface area contributed by atoms with E-state index in [0.717, 1.165) is 0 Å². The first-order chi connectivity index (χ1) is 30.6. The first-order valence-electron chi connectivity index (χ1n) is 22.3. The van der Waals surface area contributed by atoms with E-state index in [0.29, 0.717) is 0 Å². The Morgan fingerprint density at radius 2 is 0.548 bits per heavy atom. The molecule has 0 aromatic heterocycles. The number of benzene rings is 8. The molecule has 0 saturated heterocycles. The largest absolute Gasteiger partial charge is 0.310 e. The van der Waals surface area contributed by atoms with Crippen LogP contribution in [0.15, 0.2) is 218 Å². The molecule has 0 fully saturated rings. The predicted molar refractivity (Wildman–Crippen MR) is 279 cm³/mol. The van der Waals surface area contributed by atoms with Crippen LogP contribution in [-0.2, 0) is 0 Å². The maximum absolute atomic E-state index is 2.30. The first-order valence-corrected chi connectivity index (χ1v) is 22.3. The van der Waals surface area contributed by atoms with E-state index in [1.165, 1.54) is 67.2 Å². The third-order valence-electron chi connectivity index (χ3n) is 9.42. The van der Waals surface area contributed by atoms with Crippen molar-refractivity contribution in [1.29, 1.82) is 0 Å². The summed E-state index contributed by atoms with van der Waals surface area (Å²) >= 11 is 0. The van der Waals surface area contributed by atoms with Crippen LogP contribution in [-0.4, -0.2) is 0 Å². The van der Waals surface area contributed by atoms with E-state index in [4.69, 9.17) is 0 Å². The normalized spacial score (nSPS) is 9.97. The molecule has 318 valence electrons. The molecule has 0 radical (unpaired) electrons. The van der Waals surface area contributed by atoms with Crippen molar-refractivity contribution in [3.05, 3.63) is 241 Å². The van der Waals surface area contributed by atoms with Crippen molar-refractivity contribution in [3.63, 3.8) is 0 Å². The molecule has 62 heavy (non-hydrogen) atoms. The van der Waals surface area contributed by atoms with Crippen LogP contribution < -0.4 is 9.80 Å². The maximum Gasteiger partial charge on any atom is 0.0490 e. The lowest BCUT2D eigenvalue weighted by Gasteiger charge is -2.27. The number of allylic oxidation sites excluding steroid dienone is 2. The first kappa shape index (κ1) is 49.5.